The zero-order valence-electron chi connectivity index (χ0n) is 9.06. The van der Waals surface area contributed by atoms with Crippen molar-refractivity contribution in [1.82, 2.24) is 9.97 Å². The quantitative estimate of drug-likeness (QED) is 0.564. The lowest BCUT2D eigenvalue weighted by Crippen LogP contribution is -2.20. The van der Waals surface area contributed by atoms with Gasteiger partial charge in [0.25, 0.3) is 0 Å². The van der Waals surface area contributed by atoms with Gasteiger partial charge in [0.05, 0.1) is 13.2 Å². The summed E-state index contributed by atoms with van der Waals surface area (Å²) in [7, 11) is 0. The minimum atomic E-state index is -0.0852. The lowest BCUT2D eigenvalue weighted by Gasteiger charge is -2.10. The third-order valence-corrected chi connectivity index (χ3v) is 2.27. The van der Waals surface area contributed by atoms with Crippen molar-refractivity contribution in [2.24, 2.45) is 5.73 Å². The summed E-state index contributed by atoms with van der Waals surface area (Å²) in [6.07, 6.45) is 0.841. The minimum absolute atomic E-state index is 0.00149. The van der Waals surface area contributed by atoms with E-state index in [0.29, 0.717) is 18.9 Å². The lowest BCUT2D eigenvalue weighted by molar-refractivity contribution is 0.134. The van der Waals surface area contributed by atoms with Crippen molar-refractivity contribution in [2.75, 3.05) is 13.2 Å². The largest absolute Gasteiger partial charge is 0.458 e. The molecular weight excluding hydrogens is 208 g/mol. The highest BCUT2D eigenvalue weighted by Crippen LogP contribution is 2.13. The van der Waals surface area contributed by atoms with Gasteiger partial charge in [-0.25, -0.2) is 4.98 Å². The monoisotopic (exact) mass is 222 g/mol. The second-order valence-corrected chi connectivity index (χ2v) is 3.69. The van der Waals surface area contributed by atoms with E-state index in [0.717, 1.165) is 12.1 Å². The molecule has 0 bridgehead atoms. The van der Waals surface area contributed by atoms with Crippen LogP contribution < -0.4 is 10.5 Å². The van der Waals surface area contributed by atoms with Crippen LogP contribution in [0.4, 0.5) is 0 Å². The average Bonchev–Trinajstić information content (AvgIpc) is 2.69. The normalized spacial score (nSPS) is 19.7. The Balaban J connectivity index is 2.16. The summed E-state index contributed by atoms with van der Waals surface area (Å²) in [5, 5.41) is 7.32. The van der Waals surface area contributed by atoms with Crippen molar-refractivity contribution in [2.45, 2.75) is 19.4 Å². The third kappa shape index (κ3) is 2.46. The number of aromatic nitrogens is 2. The summed E-state index contributed by atoms with van der Waals surface area (Å²) in [5.74, 6) is -0.0852. The van der Waals surface area contributed by atoms with Crippen LogP contribution >= 0.6 is 0 Å². The molecule has 6 heteroatoms. The van der Waals surface area contributed by atoms with Crippen LogP contribution in [0, 0.1) is 12.3 Å². The molecule has 6 nitrogen and oxygen atoms in total. The van der Waals surface area contributed by atoms with E-state index in [1.54, 1.807) is 6.07 Å². The molecule has 1 aromatic rings. The molecule has 0 amide bonds. The van der Waals surface area contributed by atoms with Gasteiger partial charge >= 0.3 is 6.01 Å². The first-order valence-corrected chi connectivity index (χ1v) is 5.09. The summed E-state index contributed by atoms with van der Waals surface area (Å²) in [4.78, 5) is 8.20. The van der Waals surface area contributed by atoms with Crippen LogP contribution in [0.25, 0.3) is 0 Å². The van der Waals surface area contributed by atoms with Crippen molar-refractivity contribution in [3.05, 3.63) is 17.5 Å². The molecular formula is C10H14N4O2. The maximum atomic E-state index is 7.32. The van der Waals surface area contributed by atoms with Crippen LogP contribution in [0.1, 0.15) is 17.8 Å². The summed E-state index contributed by atoms with van der Waals surface area (Å²) in [5.41, 5.74) is 6.49. The Labute approximate surface area is 93.3 Å². The summed E-state index contributed by atoms with van der Waals surface area (Å²) < 4.78 is 10.7. The Morgan fingerprint density at radius 2 is 2.44 bits per heavy atom. The third-order valence-electron chi connectivity index (χ3n) is 2.27. The van der Waals surface area contributed by atoms with E-state index in [1.807, 2.05) is 6.92 Å². The number of hydrogen-bond acceptors (Lipinski definition) is 5. The van der Waals surface area contributed by atoms with Crippen LogP contribution in [0.5, 0.6) is 6.01 Å². The number of nitrogens with one attached hydrogen (secondary N) is 1. The zero-order chi connectivity index (χ0) is 11.5. The molecule has 1 atom stereocenters. The molecule has 0 radical (unpaired) electrons. The number of ether oxygens (including phenoxy) is 2. The van der Waals surface area contributed by atoms with E-state index in [1.165, 1.54) is 0 Å². The van der Waals surface area contributed by atoms with Crippen LogP contribution in [0.2, 0.25) is 0 Å². The number of aryl methyl sites for hydroxylation is 1. The Bertz CT molecular complexity index is 402. The predicted octanol–water partition coefficient (Wildman–Crippen LogP) is 0.237. The second kappa shape index (κ2) is 4.44. The fraction of sp³-hybridized carbons (Fsp3) is 0.500. The Hall–Kier alpha value is -1.69. The highest BCUT2D eigenvalue weighted by atomic mass is 16.6. The summed E-state index contributed by atoms with van der Waals surface area (Å²) in [6, 6.07) is 1.92. The number of rotatable bonds is 3. The van der Waals surface area contributed by atoms with Gasteiger partial charge in [-0.3, -0.25) is 5.41 Å². The van der Waals surface area contributed by atoms with E-state index in [4.69, 9.17) is 20.6 Å². The Kier molecular flexibility index (Phi) is 3.00. The molecule has 0 saturated carbocycles. The molecule has 16 heavy (non-hydrogen) atoms. The molecule has 0 aliphatic carbocycles. The minimum Gasteiger partial charge on any atom is -0.458 e. The van der Waals surface area contributed by atoms with Crippen molar-refractivity contribution < 1.29 is 9.47 Å². The number of amidine groups is 1. The molecule has 86 valence electrons. The lowest BCUT2D eigenvalue weighted by atomic mass is 10.3. The van der Waals surface area contributed by atoms with Gasteiger partial charge in [-0.1, -0.05) is 0 Å². The summed E-state index contributed by atoms with van der Waals surface area (Å²) in [6.45, 7) is 3.08. The van der Waals surface area contributed by atoms with E-state index >= 15 is 0 Å². The van der Waals surface area contributed by atoms with Gasteiger partial charge in [-0.05, 0) is 13.0 Å². The van der Waals surface area contributed by atoms with Gasteiger partial charge < -0.3 is 15.2 Å². The highest BCUT2D eigenvalue weighted by Gasteiger charge is 2.19. The van der Waals surface area contributed by atoms with Gasteiger partial charge in [-0.15, -0.1) is 0 Å². The molecule has 1 unspecified atom stereocenters. The van der Waals surface area contributed by atoms with Crippen molar-refractivity contribution in [3.63, 3.8) is 0 Å². The molecule has 0 aromatic carbocycles. The van der Waals surface area contributed by atoms with Crippen molar-refractivity contribution >= 4 is 5.84 Å². The SMILES string of the molecule is Cc1cc(C(=N)N)nc(OC2CCOC2)n1. The van der Waals surface area contributed by atoms with Crippen molar-refractivity contribution in [3.8, 4) is 6.01 Å². The predicted molar refractivity (Wildman–Crippen MR) is 57.6 cm³/mol. The maximum Gasteiger partial charge on any atom is 0.317 e. The highest BCUT2D eigenvalue weighted by molar-refractivity contribution is 5.93. The van der Waals surface area contributed by atoms with Crippen LogP contribution in [-0.2, 0) is 4.74 Å². The number of nitrogens with zero attached hydrogens (tertiary/aromatic N) is 2. The molecule has 1 saturated heterocycles. The van der Waals surface area contributed by atoms with Gasteiger partial charge in [0.1, 0.15) is 17.6 Å². The average molecular weight is 222 g/mol. The fourth-order valence-electron chi connectivity index (χ4n) is 1.49. The van der Waals surface area contributed by atoms with Crippen LogP contribution in [0.3, 0.4) is 0 Å². The second-order valence-electron chi connectivity index (χ2n) is 3.69. The topological polar surface area (TPSA) is 94.1 Å². The summed E-state index contributed by atoms with van der Waals surface area (Å²) >= 11 is 0. The molecule has 3 N–H and O–H groups in total. The van der Waals surface area contributed by atoms with Gasteiger partial charge in [0.15, 0.2) is 0 Å². The van der Waals surface area contributed by atoms with Gasteiger partial charge in [0, 0.05) is 12.1 Å². The fourth-order valence-corrected chi connectivity index (χ4v) is 1.49. The molecule has 1 aliphatic rings. The number of nitrogen functional groups attached to an aromatic ring is 1. The first-order chi connectivity index (χ1) is 7.65. The van der Waals surface area contributed by atoms with Gasteiger partial charge in [-0.2, -0.15) is 4.98 Å². The van der Waals surface area contributed by atoms with Gasteiger partial charge in [0.2, 0.25) is 0 Å². The number of hydrogen-bond donors (Lipinski definition) is 2. The first kappa shape index (κ1) is 10.8. The molecule has 2 rings (SSSR count). The smallest absolute Gasteiger partial charge is 0.317 e. The molecule has 1 aromatic heterocycles. The van der Waals surface area contributed by atoms with E-state index < -0.39 is 0 Å². The molecule has 1 fully saturated rings. The molecule has 2 heterocycles. The van der Waals surface area contributed by atoms with Crippen LogP contribution in [-0.4, -0.2) is 35.1 Å². The van der Waals surface area contributed by atoms with Crippen molar-refractivity contribution in [1.29, 1.82) is 5.41 Å². The Morgan fingerprint density at radius 1 is 1.62 bits per heavy atom. The van der Waals surface area contributed by atoms with Crippen LogP contribution in [0.15, 0.2) is 6.07 Å². The molecule has 1 aliphatic heterocycles. The van der Waals surface area contributed by atoms with E-state index in [-0.39, 0.29) is 18.0 Å². The van der Waals surface area contributed by atoms with E-state index in [2.05, 4.69) is 9.97 Å². The Morgan fingerprint density at radius 3 is 3.06 bits per heavy atom. The van der Waals surface area contributed by atoms with E-state index in [9.17, 15) is 0 Å². The standard InChI is InChI=1S/C10H14N4O2/c1-6-4-8(9(11)12)14-10(13-6)16-7-2-3-15-5-7/h4,7H,2-3,5H2,1H3,(H3,11,12). The maximum absolute atomic E-state index is 7.32. The zero-order valence-corrected chi connectivity index (χ0v) is 9.06. The molecule has 0 spiro atoms. The first-order valence-electron chi connectivity index (χ1n) is 5.09. The number of nitrogens with two attached hydrogens (primary N) is 1.